The summed E-state index contributed by atoms with van der Waals surface area (Å²) in [5, 5.41) is 9.31. The summed E-state index contributed by atoms with van der Waals surface area (Å²) in [5.41, 5.74) is -0.531. The normalized spacial score (nSPS) is 22.8. The third kappa shape index (κ3) is 3.58. The number of carbonyl (C=O) groups is 1. The number of carboxylic acid groups (broad SMARTS) is 1. The first-order valence-corrected chi connectivity index (χ1v) is 7.85. The Bertz CT molecular complexity index is 413. The van der Waals surface area contributed by atoms with E-state index in [1.54, 1.807) is 0 Å². The highest BCUT2D eigenvalue weighted by Crippen LogP contribution is 2.24. The predicted octanol–water partition coefficient (Wildman–Crippen LogP) is 1.19. The Labute approximate surface area is 109 Å². The fourth-order valence-electron chi connectivity index (χ4n) is 2.42. The lowest BCUT2D eigenvalue weighted by Gasteiger charge is -2.43. The van der Waals surface area contributed by atoms with Crippen molar-refractivity contribution in [1.82, 2.24) is 9.21 Å². The number of sulfonamides is 1. The first kappa shape index (κ1) is 15.2. The molecule has 18 heavy (non-hydrogen) atoms. The second-order valence-corrected chi connectivity index (χ2v) is 7.72. The van der Waals surface area contributed by atoms with E-state index in [-0.39, 0.29) is 12.6 Å². The van der Waals surface area contributed by atoms with E-state index < -0.39 is 21.7 Å². The number of nitrogens with zero attached hydrogens (tertiary/aromatic N) is 2. The van der Waals surface area contributed by atoms with E-state index in [4.69, 9.17) is 0 Å². The largest absolute Gasteiger partial charge is 0.465 e. The van der Waals surface area contributed by atoms with E-state index >= 15 is 0 Å². The van der Waals surface area contributed by atoms with E-state index in [9.17, 15) is 18.3 Å². The third-order valence-corrected chi connectivity index (χ3v) is 4.39. The predicted molar refractivity (Wildman–Crippen MR) is 69.1 cm³/mol. The monoisotopic (exact) mass is 278 g/mol. The molecule has 0 aliphatic carbocycles. The van der Waals surface area contributed by atoms with Crippen molar-refractivity contribution >= 4 is 16.1 Å². The van der Waals surface area contributed by atoms with Gasteiger partial charge in [0.15, 0.2) is 0 Å². The average Bonchev–Trinajstić information content (AvgIpc) is 2.13. The van der Waals surface area contributed by atoms with Gasteiger partial charge in [0.05, 0.1) is 6.26 Å². The number of rotatable bonds is 2. The number of hydrogen-bond donors (Lipinski definition) is 1. The Balaban J connectivity index is 2.91. The van der Waals surface area contributed by atoms with Crippen molar-refractivity contribution in [2.45, 2.75) is 45.2 Å². The van der Waals surface area contributed by atoms with Gasteiger partial charge in [-0.25, -0.2) is 17.5 Å². The van der Waals surface area contributed by atoms with Crippen LogP contribution in [0, 0.1) is 0 Å². The smallest absolute Gasteiger partial charge is 0.408 e. The van der Waals surface area contributed by atoms with Gasteiger partial charge in [-0.2, -0.15) is 0 Å². The summed E-state index contributed by atoms with van der Waals surface area (Å²) in [6, 6.07) is -0.272. The zero-order valence-corrected chi connectivity index (χ0v) is 12.2. The molecule has 0 spiro atoms. The van der Waals surface area contributed by atoms with Crippen molar-refractivity contribution in [2.24, 2.45) is 0 Å². The highest BCUT2D eigenvalue weighted by Gasteiger charge is 2.37. The maximum atomic E-state index is 11.5. The van der Waals surface area contributed by atoms with Gasteiger partial charge < -0.3 is 5.11 Å². The fraction of sp³-hybridized carbons (Fsp3) is 0.909. The zero-order chi connectivity index (χ0) is 14.1. The molecule has 1 heterocycles. The second-order valence-electron chi connectivity index (χ2n) is 5.74. The standard InChI is InChI=1S/C11H22N2O4S/c1-11(2,3)13(10(14)15)9-6-5-7-12(8-9)18(4,16)17/h9H,5-8H2,1-4H3,(H,14,15)/t9-/m0/s1. The zero-order valence-electron chi connectivity index (χ0n) is 11.4. The summed E-state index contributed by atoms with van der Waals surface area (Å²) in [6.07, 6.45) is 1.56. The molecule has 0 bridgehead atoms. The number of piperidine rings is 1. The summed E-state index contributed by atoms with van der Waals surface area (Å²) in [7, 11) is -3.25. The molecule has 1 fully saturated rings. The van der Waals surface area contributed by atoms with Crippen LogP contribution in [-0.2, 0) is 10.0 Å². The molecular weight excluding hydrogens is 256 g/mol. The molecule has 0 unspecified atom stereocenters. The maximum Gasteiger partial charge on any atom is 0.408 e. The van der Waals surface area contributed by atoms with Gasteiger partial charge in [0.25, 0.3) is 0 Å². The van der Waals surface area contributed by atoms with Crippen LogP contribution in [0.1, 0.15) is 33.6 Å². The Morgan fingerprint density at radius 3 is 2.33 bits per heavy atom. The molecule has 1 amide bonds. The highest BCUT2D eigenvalue weighted by molar-refractivity contribution is 7.88. The average molecular weight is 278 g/mol. The lowest BCUT2D eigenvalue weighted by atomic mass is 9.99. The van der Waals surface area contributed by atoms with Crippen LogP contribution in [0.2, 0.25) is 0 Å². The minimum Gasteiger partial charge on any atom is -0.465 e. The molecule has 7 heteroatoms. The van der Waals surface area contributed by atoms with Crippen molar-refractivity contribution in [3.63, 3.8) is 0 Å². The van der Waals surface area contributed by atoms with E-state index in [0.29, 0.717) is 19.4 Å². The summed E-state index contributed by atoms with van der Waals surface area (Å²) in [6.45, 7) is 6.19. The molecule has 1 aliphatic heterocycles. The fourth-order valence-corrected chi connectivity index (χ4v) is 3.33. The maximum absolute atomic E-state index is 11.5. The summed E-state index contributed by atoms with van der Waals surface area (Å²) in [5.74, 6) is 0. The lowest BCUT2D eigenvalue weighted by Crippen LogP contribution is -2.57. The molecule has 6 nitrogen and oxygen atoms in total. The highest BCUT2D eigenvalue weighted by atomic mass is 32.2. The van der Waals surface area contributed by atoms with Crippen molar-refractivity contribution in [3.8, 4) is 0 Å². The Morgan fingerprint density at radius 2 is 1.94 bits per heavy atom. The third-order valence-electron chi connectivity index (χ3n) is 3.12. The lowest BCUT2D eigenvalue weighted by molar-refractivity contribution is 0.0506. The molecule has 1 atom stereocenters. The second kappa shape index (κ2) is 5.05. The molecule has 1 rings (SSSR count). The van der Waals surface area contributed by atoms with Crippen molar-refractivity contribution in [3.05, 3.63) is 0 Å². The molecule has 1 saturated heterocycles. The van der Waals surface area contributed by atoms with Gasteiger partial charge in [-0.15, -0.1) is 0 Å². The van der Waals surface area contributed by atoms with Gasteiger partial charge in [0.2, 0.25) is 10.0 Å². The van der Waals surface area contributed by atoms with Gasteiger partial charge in [-0.1, -0.05) is 0 Å². The molecule has 0 aromatic carbocycles. The van der Waals surface area contributed by atoms with Gasteiger partial charge in [-0.05, 0) is 33.6 Å². The Morgan fingerprint density at radius 1 is 1.39 bits per heavy atom. The van der Waals surface area contributed by atoms with Crippen LogP contribution >= 0.6 is 0 Å². The summed E-state index contributed by atoms with van der Waals surface area (Å²) >= 11 is 0. The summed E-state index contributed by atoms with van der Waals surface area (Å²) in [4.78, 5) is 12.7. The SMILES string of the molecule is CC(C)(C)N(C(=O)O)[C@H]1CCCN(S(C)(=O)=O)C1. The molecule has 0 radical (unpaired) electrons. The molecule has 0 aromatic rings. The molecule has 0 saturated carbocycles. The van der Waals surface area contributed by atoms with Crippen molar-refractivity contribution < 1.29 is 18.3 Å². The number of amides is 1. The van der Waals surface area contributed by atoms with Crippen LogP contribution in [-0.4, -0.2) is 59.7 Å². The van der Waals surface area contributed by atoms with Crippen LogP contribution in [0.5, 0.6) is 0 Å². The van der Waals surface area contributed by atoms with Gasteiger partial charge in [0.1, 0.15) is 0 Å². The van der Waals surface area contributed by atoms with Gasteiger partial charge >= 0.3 is 6.09 Å². The summed E-state index contributed by atoms with van der Waals surface area (Å²) < 4.78 is 24.4. The molecule has 1 N–H and O–H groups in total. The van der Waals surface area contributed by atoms with Crippen LogP contribution in [0.15, 0.2) is 0 Å². The van der Waals surface area contributed by atoms with Crippen LogP contribution in [0.4, 0.5) is 4.79 Å². The molecule has 0 aromatic heterocycles. The van der Waals surface area contributed by atoms with E-state index in [0.717, 1.165) is 6.26 Å². The van der Waals surface area contributed by atoms with Crippen LogP contribution < -0.4 is 0 Å². The first-order valence-electron chi connectivity index (χ1n) is 6.01. The van der Waals surface area contributed by atoms with E-state index in [1.807, 2.05) is 20.8 Å². The quantitative estimate of drug-likeness (QED) is 0.823. The number of hydrogen-bond acceptors (Lipinski definition) is 3. The molecule has 1 aliphatic rings. The van der Waals surface area contributed by atoms with Gasteiger partial charge in [0, 0.05) is 24.7 Å². The molecular formula is C11H22N2O4S. The van der Waals surface area contributed by atoms with E-state index in [1.165, 1.54) is 9.21 Å². The first-order chi connectivity index (χ1) is 8.03. The van der Waals surface area contributed by atoms with Crippen LogP contribution in [0.3, 0.4) is 0 Å². The Kier molecular flexibility index (Phi) is 4.27. The topological polar surface area (TPSA) is 77.9 Å². The van der Waals surface area contributed by atoms with Gasteiger partial charge in [-0.3, -0.25) is 4.90 Å². The minimum atomic E-state index is -3.25. The van der Waals surface area contributed by atoms with E-state index in [2.05, 4.69) is 0 Å². The Hall–Kier alpha value is -0.820. The minimum absolute atomic E-state index is 0.252. The van der Waals surface area contributed by atoms with Crippen molar-refractivity contribution in [1.29, 1.82) is 0 Å². The van der Waals surface area contributed by atoms with Crippen LogP contribution in [0.25, 0.3) is 0 Å². The van der Waals surface area contributed by atoms with Crippen molar-refractivity contribution in [2.75, 3.05) is 19.3 Å². The molecule has 106 valence electrons.